The molecule has 2 heteroatoms. The molecule has 0 amide bonds. The van der Waals surface area contributed by atoms with E-state index in [1.165, 1.54) is 52.0 Å². The van der Waals surface area contributed by atoms with Crippen LogP contribution in [0.4, 0.5) is 0 Å². The molecule has 0 atom stereocenters. The zero-order valence-corrected chi connectivity index (χ0v) is 12.2. The highest BCUT2D eigenvalue weighted by atomic mass is 15.3. The van der Waals surface area contributed by atoms with Crippen LogP contribution >= 0.6 is 0 Å². The maximum absolute atomic E-state index is 2.68. The molecule has 1 saturated heterocycles. The van der Waals surface area contributed by atoms with E-state index in [1.54, 1.807) is 0 Å². The Balaban J connectivity index is 1.69. The van der Waals surface area contributed by atoms with Crippen LogP contribution in [0.2, 0.25) is 0 Å². The monoisotopic (exact) mass is 238 g/mol. The van der Waals surface area contributed by atoms with E-state index in [-0.39, 0.29) is 0 Å². The largest absolute Gasteiger partial charge is 0.301 e. The van der Waals surface area contributed by atoms with E-state index in [9.17, 15) is 0 Å². The van der Waals surface area contributed by atoms with Gasteiger partial charge in [-0.15, -0.1) is 0 Å². The quantitative estimate of drug-likeness (QED) is 0.727. The molecule has 1 aliphatic carbocycles. The van der Waals surface area contributed by atoms with Crippen LogP contribution in [-0.2, 0) is 0 Å². The van der Waals surface area contributed by atoms with Gasteiger partial charge in [0.25, 0.3) is 0 Å². The summed E-state index contributed by atoms with van der Waals surface area (Å²) >= 11 is 0. The fourth-order valence-corrected chi connectivity index (χ4v) is 3.16. The lowest BCUT2D eigenvalue weighted by Gasteiger charge is -2.37. The van der Waals surface area contributed by atoms with Crippen LogP contribution in [0.1, 0.15) is 47.0 Å². The van der Waals surface area contributed by atoms with Crippen molar-refractivity contribution in [1.82, 2.24) is 9.80 Å². The van der Waals surface area contributed by atoms with Gasteiger partial charge in [0.05, 0.1) is 0 Å². The first-order valence-electron chi connectivity index (χ1n) is 7.50. The van der Waals surface area contributed by atoms with Crippen molar-refractivity contribution >= 4 is 0 Å². The fraction of sp³-hybridized carbons (Fsp3) is 1.00. The Kier molecular flexibility index (Phi) is 4.14. The van der Waals surface area contributed by atoms with Crippen LogP contribution in [0.3, 0.4) is 0 Å². The third-order valence-corrected chi connectivity index (χ3v) is 5.18. The van der Waals surface area contributed by atoms with E-state index in [2.05, 4.69) is 37.5 Å². The average molecular weight is 238 g/mol. The van der Waals surface area contributed by atoms with Crippen LogP contribution < -0.4 is 0 Å². The van der Waals surface area contributed by atoms with Crippen LogP contribution in [0, 0.1) is 11.3 Å². The SMILES string of the molecule is CC(C)N1CCN(CCC2(C(C)C)CC2)CC1. The minimum atomic E-state index is 0.725. The minimum absolute atomic E-state index is 0.725. The van der Waals surface area contributed by atoms with Crippen molar-refractivity contribution in [2.75, 3.05) is 32.7 Å². The molecule has 1 heterocycles. The van der Waals surface area contributed by atoms with Crippen LogP contribution in [0.25, 0.3) is 0 Å². The third-order valence-electron chi connectivity index (χ3n) is 5.18. The van der Waals surface area contributed by atoms with Crippen molar-refractivity contribution in [3.05, 3.63) is 0 Å². The molecule has 0 aromatic heterocycles. The molecule has 17 heavy (non-hydrogen) atoms. The highest BCUT2D eigenvalue weighted by Gasteiger charge is 2.44. The van der Waals surface area contributed by atoms with Crippen LogP contribution in [0.15, 0.2) is 0 Å². The molecule has 100 valence electrons. The predicted octanol–water partition coefficient (Wildman–Crippen LogP) is 2.84. The van der Waals surface area contributed by atoms with Crippen molar-refractivity contribution in [2.24, 2.45) is 11.3 Å². The van der Waals surface area contributed by atoms with Crippen molar-refractivity contribution in [3.8, 4) is 0 Å². The van der Waals surface area contributed by atoms with E-state index in [1.807, 2.05) is 0 Å². The Bertz CT molecular complexity index is 235. The molecule has 0 radical (unpaired) electrons. The van der Waals surface area contributed by atoms with Crippen molar-refractivity contribution in [3.63, 3.8) is 0 Å². The molecule has 0 spiro atoms. The molecule has 0 aromatic rings. The molecule has 0 N–H and O–H groups in total. The van der Waals surface area contributed by atoms with Gasteiger partial charge in [-0.05, 0) is 51.0 Å². The second-order valence-electron chi connectivity index (χ2n) is 6.74. The van der Waals surface area contributed by atoms with Gasteiger partial charge in [-0.2, -0.15) is 0 Å². The van der Waals surface area contributed by atoms with Crippen molar-refractivity contribution < 1.29 is 0 Å². The summed E-state index contributed by atoms with van der Waals surface area (Å²) in [6.45, 7) is 15.9. The highest BCUT2D eigenvalue weighted by Crippen LogP contribution is 2.54. The van der Waals surface area contributed by atoms with E-state index < -0.39 is 0 Å². The third kappa shape index (κ3) is 3.23. The van der Waals surface area contributed by atoms with E-state index >= 15 is 0 Å². The van der Waals surface area contributed by atoms with Gasteiger partial charge in [-0.1, -0.05) is 13.8 Å². The second kappa shape index (κ2) is 5.27. The van der Waals surface area contributed by atoms with Gasteiger partial charge in [0.15, 0.2) is 0 Å². The summed E-state index contributed by atoms with van der Waals surface area (Å²) in [5.74, 6) is 0.888. The number of piperazine rings is 1. The molecule has 0 aromatic carbocycles. The molecular formula is C15H30N2. The Morgan fingerprint density at radius 3 is 1.94 bits per heavy atom. The first-order chi connectivity index (χ1) is 8.03. The summed E-state index contributed by atoms with van der Waals surface area (Å²) in [4.78, 5) is 5.28. The van der Waals surface area contributed by atoms with Crippen molar-refractivity contribution in [1.29, 1.82) is 0 Å². The average Bonchev–Trinajstić information content (AvgIpc) is 3.08. The Morgan fingerprint density at radius 1 is 0.941 bits per heavy atom. The van der Waals surface area contributed by atoms with Gasteiger partial charge in [0, 0.05) is 32.2 Å². The lowest BCUT2D eigenvalue weighted by Crippen LogP contribution is -2.49. The number of nitrogens with zero attached hydrogens (tertiary/aromatic N) is 2. The summed E-state index contributed by atoms with van der Waals surface area (Å²) < 4.78 is 0. The molecule has 0 bridgehead atoms. The summed E-state index contributed by atoms with van der Waals surface area (Å²) in [5.41, 5.74) is 0.731. The standard InChI is InChI=1S/C15H30N2/c1-13(2)15(5-6-15)7-8-16-9-11-17(12-10-16)14(3)4/h13-14H,5-12H2,1-4H3. The molecule has 0 unspecified atom stereocenters. The molecule has 1 saturated carbocycles. The van der Waals surface area contributed by atoms with Gasteiger partial charge in [0.1, 0.15) is 0 Å². The molecule has 2 aliphatic rings. The van der Waals surface area contributed by atoms with E-state index in [0.717, 1.165) is 17.4 Å². The van der Waals surface area contributed by atoms with Gasteiger partial charge >= 0.3 is 0 Å². The van der Waals surface area contributed by atoms with Crippen molar-refractivity contribution in [2.45, 2.75) is 53.0 Å². The molecule has 2 nitrogen and oxygen atoms in total. The molecule has 2 fully saturated rings. The lowest BCUT2D eigenvalue weighted by molar-refractivity contribution is 0.0999. The zero-order valence-electron chi connectivity index (χ0n) is 12.2. The summed E-state index contributed by atoms with van der Waals surface area (Å²) in [6.07, 6.45) is 4.40. The zero-order chi connectivity index (χ0) is 12.5. The van der Waals surface area contributed by atoms with Gasteiger partial charge in [-0.25, -0.2) is 0 Å². The smallest absolute Gasteiger partial charge is 0.0113 e. The first-order valence-corrected chi connectivity index (χ1v) is 7.50. The first kappa shape index (κ1) is 13.4. The normalized spacial score (nSPS) is 25.8. The van der Waals surface area contributed by atoms with Gasteiger partial charge in [-0.3, -0.25) is 4.90 Å². The predicted molar refractivity (Wildman–Crippen MR) is 74.3 cm³/mol. The van der Waals surface area contributed by atoms with Gasteiger partial charge in [0.2, 0.25) is 0 Å². The second-order valence-corrected chi connectivity index (χ2v) is 6.74. The fourth-order valence-electron chi connectivity index (χ4n) is 3.16. The lowest BCUT2D eigenvalue weighted by atomic mass is 9.89. The van der Waals surface area contributed by atoms with E-state index in [0.29, 0.717) is 0 Å². The van der Waals surface area contributed by atoms with E-state index in [4.69, 9.17) is 0 Å². The number of hydrogen-bond acceptors (Lipinski definition) is 2. The molecular weight excluding hydrogens is 208 g/mol. The van der Waals surface area contributed by atoms with Gasteiger partial charge < -0.3 is 4.90 Å². The molecule has 2 rings (SSSR count). The summed E-state index contributed by atoms with van der Waals surface area (Å²) in [6, 6.07) is 0.725. The maximum atomic E-state index is 2.68. The van der Waals surface area contributed by atoms with Crippen LogP contribution in [-0.4, -0.2) is 48.6 Å². The maximum Gasteiger partial charge on any atom is 0.0113 e. The highest BCUT2D eigenvalue weighted by molar-refractivity contribution is 4.96. The summed E-state index contributed by atoms with van der Waals surface area (Å²) in [7, 11) is 0. The summed E-state index contributed by atoms with van der Waals surface area (Å²) in [5, 5.41) is 0. The Morgan fingerprint density at radius 2 is 1.53 bits per heavy atom. The minimum Gasteiger partial charge on any atom is -0.301 e. The number of rotatable bonds is 5. The number of hydrogen-bond donors (Lipinski definition) is 0. The topological polar surface area (TPSA) is 6.48 Å². The Hall–Kier alpha value is -0.0800. The Labute approximate surface area is 107 Å². The van der Waals surface area contributed by atoms with Crippen LogP contribution in [0.5, 0.6) is 0 Å². The molecule has 1 aliphatic heterocycles.